The van der Waals surface area contributed by atoms with Crippen molar-refractivity contribution in [3.05, 3.63) is 0 Å². The minimum atomic E-state index is -0.0685. The van der Waals surface area contributed by atoms with E-state index in [1.54, 1.807) is 0 Å². The molecule has 4 heterocycles. The van der Waals surface area contributed by atoms with Gasteiger partial charge in [-0.2, -0.15) is 15.0 Å². The lowest BCUT2D eigenvalue weighted by molar-refractivity contribution is -0.135. The summed E-state index contributed by atoms with van der Waals surface area (Å²) in [5.74, 6) is 1.86. The van der Waals surface area contributed by atoms with Crippen molar-refractivity contribution in [3.8, 4) is 0 Å². The Hall–Kier alpha value is -2.28. The van der Waals surface area contributed by atoms with Crippen LogP contribution in [0.25, 0.3) is 0 Å². The van der Waals surface area contributed by atoms with E-state index in [0.717, 1.165) is 45.3 Å². The number of amides is 1. The quantitative estimate of drug-likeness (QED) is 0.373. The monoisotopic (exact) mass is 489 g/mol. The van der Waals surface area contributed by atoms with Gasteiger partial charge in [0, 0.05) is 76.5 Å². The zero-order valence-electron chi connectivity index (χ0n) is 21.2. The number of rotatable bonds is 6. The van der Waals surface area contributed by atoms with Gasteiger partial charge in [0.25, 0.3) is 0 Å². The van der Waals surface area contributed by atoms with Crippen molar-refractivity contribution in [2.45, 2.75) is 63.7 Å². The molecule has 0 aromatic carbocycles. The predicted octanol–water partition coefficient (Wildman–Crippen LogP) is -1.31. The maximum Gasteiger partial charge on any atom is 0.232 e. The molecule has 1 aromatic rings. The molecule has 0 radical (unpaired) electrons. The number of piperidine rings is 3. The van der Waals surface area contributed by atoms with Crippen LogP contribution in [0.15, 0.2) is 0 Å². The zero-order chi connectivity index (χ0) is 25.1. The highest BCUT2D eigenvalue weighted by atomic mass is 16.2. The van der Waals surface area contributed by atoms with Crippen LogP contribution < -0.4 is 37.6 Å². The fourth-order valence-electron chi connectivity index (χ4n) is 5.61. The third-order valence-corrected chi connectivity index (χ3v) is 7.32. The van der Waals surface area contributed by atoms with Crippen LogP contribution in [0.3, 0.4) is 0 Å². The topological polar surface area (TPSA) is 173 Å². The summed E-state index contributed by atoms with van der Waals surface area (Å²) in [7, 11) is 0. The lowest BCUT2D eigenvalue weighted by atomic mass is 9.96. The Labute approximate surface area is 208 Å². The zero-order valence-corrected chi connectivity index (χ0v) is 21.2. The first-order valence-electron chi connectivity index (χ1n) is 13.1. The number of hydrogen-bond donors (Lipinski definition) is 4. The normalized spacial score (nSPS) is 29.9. The summed E-state index contributed by atoms with van der Waals surface area (Å²) in [6, 6.07) is -0.147. The van der Waals surface area contributed by atoms with Crippen LogP contribution in [0.2, 0.25) is 0 Å². The van der Waals surface area contributed by atoms with Gasteiger partial charge < -0.3 is 42.5 Å². The molecule has 0 bridgehead atoms. The smallest absolute Gasteiger partial charge is 0.232 e. The minimum absolute atomic E-state index is 0.0368. The molecule has 0 aliphatic carbocycles. The van der Waals surface area contributed by atoms with Gasteiger partial charge in [-0.3, -0.25) is 4.79 Å². The lowest BCUT2D eigenvalue weighted by Crippen LogP contribution is -2.54. The maximum absolute atomic E-state index is 13.1. The van der Waals surface area contributed by atoms with Gasteiger partial charge in [0.2, 0.25) is 23.8 Å². The summed E-state index contributed by atoms with van der Waals surface area (Å²) in [5.41, 5.74) is 25.1. The fourth-order valence-corrected chi connectivity index (χ4v) is 5.61. The molecule has 8 N–H and O–H groups in total. The standard InChI is InChI=1S/C23H43N11O/c1-3-31(4-2)20(35)15-6-5-7-32(10-15)21-28-22(33-11-16(24)8-17(25)12-33)30-23(29-21)34-13-18(26)9-19(27)14-34/h15-19H,3-14,24-27H2,1-2H3/t15?,16-,17+,18-,19+. The maximum atomic E-state index is 13.1. The fraction of sp³-hybridized carbons (Fsp3) is 0.826. The third kappa shape index (κ3) is 6.11. The molecule has 196 valence electrons. The molecule has 35 heavy (non-hydrogen) atoms. The van der Waals surface area contributed by atoms with Crippen LogP contribution >= 0.6 is 0 Å². The first-order valence-corrected chi connectivity index (χ1v) is 13.1. The van der Waals surface area contributed by atoms with Gasteiger partial charge in [0.15, 0.2) is 0 Å². The van der Waals surface area contributed by atoms with Crippen LogP contribution in [0, 0.1) is 5.92 Å². The second-order valence-electron chi connectivity index (χ2n) is 10.4. The van der Waals surface area contributed by atoms with Crippen molar-refractivity contribution in [1.29, 1.82) is 0 Å². The summed E-state index contributed by atoms with van der Waals surface area (Å²) < 4.78 is 0. The average molecular weight is 490 g/mol. The second kappa shape index (κ2) is 11.2. The SMILES string of the molecule is CCN(CC)C(=O)C1CCCN(c2nc(N3C[C@H](N)C[C@H](N)C3)nc(N3C[C@H](N)C[C@H](N)C3)n2)C1. The highest BCUT2D eigenvalue weighted by Crippen LogP contribution is 2.27. The molecule has 4 rings (SSSR count). The number of nitrogens with zero attached hydrogens (tertiary/aromatic N) is 7. The Morgan fingerprint density at radius 3 is 1.63 bits per heavy atom. The number of anilines is 3. The second-order valence-corrected chi connectivity index (χ2v) is 10.4. The average Bonchev–Trinajstić information content (AvgIpc) is 2.83. The minimum Gasteiger partial charge on any atom is -0.343 e. The number of aromatic nitrogens is 3. The molecular formula is C23H43N11O. The van der Waals surface area contributed by atoms with Gasteiger partial charge in [-0.25, -0.2) is 0 Å². The molecule has 5 atom stereocenters. The summed E-state index contributed by atoms with van der Waals surface area (Å²) in [6.45, 7) is 9.42. The van der Waals surface area contributed by atoms with Crippen LogP contribution in [0.1, 0.15) is 39.5 Å². The third-order valence-electron chi connectivity index (χ3n) is 7.32. The number of hydrogen-bond acceptors (Lipinski definition) is 11. The van der Waals surface area contributed by atoms with Gasteiger partial charge in [0.05, 0.1) is 5.92 Å². The van der Waals surface area contributed by atoms with Gasteiger partial charge in [-0.05, 0) is 39.5 Å². The van der Waals surface area contributed by atoms with Crippen molar-refractivity contribution in [2.24, 2.45) is 28.9 Å². The summed E-state index contributed by atoms with van der Waals surface area (Å²) >= 11 is 0. The molecule has 3 saturated heterocycles. The van der Waals surface area contributed by atoms with Crippen molar-refractivity contribution < 1.29 is 4.79 Å². The summed E-state index contributed by atoms with van der Waals surface area (Å²) in [5, 5.41) is 0. The van der Waals surface area contributed by atoms with Crippen LogP contribution in [-0.2, 0) is 4.79 Å². The first kappa shape index (κ1) is 25.8. The Kier molecular flexibility index (Phi) is 8.25. The van der Waals surface area contributed by atoms with E-state index < -0.39 is 0 Å². The molecule has 1 aromatic heterocycles. The molecule has 0 spiro atoms. The highest BCUT2D eigenvalue weighted by Gasteiger charge is 2.33. The lowest BCUT2D eigenvalue weighted by Gasteiger charge is -2.38. The molecule has 12 nitrogen and oxygen atoms in total. The van der Waals surface area contributed by atoms with Crippen LogP contribution in [0.5, 0.6) is 0 Å². The molecule has 1 amide bonds. The van der Waals surface area contributed by atoms with E-state index in [9.17, 15) is 4.79 Å². The Balaban J connectivity index is 1.64. The van der Waals surface area contributed by atoms with E-state index in [1.165, 1.54) is 0 Å². The molecule has 12 heteroatoms. The van der Waals surface area contributed by atoms with E-state index in [4.69, 9.17) is 37.9 Å². The van der Waals surface area contributed by atoms with Gasteiger partial charge >= 0.3 is 0 Å². The van der Waals surface area contributed by atoms with E-state index >= 15 is 0 Å². The van der Waals surface area contributed by atoms with E-state index in [0.29, 0.717) is 50.6 Å². The number of nitrogens with two attached hydrogens (primary N) is 4. The summed E-state index contributed by atoms with van der Waals surface area (Å²) in [6.07, 6.45) is 3.34. The molecule has 3 aliphatic heterocycles. The highest BCUT2D eigenvalue weighted by molar-refractivity contribution is 5.79. The molecule has 1 unspecified atom stereocenters. The molecule has 3 aliphatic rings. The van der Waals surface area contributed by atoms with E-state index in [1.807, 2.05) is 18.7 Å². The largest absolute Gasteiger partial charge is 0.343 e. The molecule has 3 fully saturated rings. The van der Waals surface area contributed by atoms with Crippen LogP contribution in [-0.4, -0.2) is 102 Å². The Morgan fingerprint density at radius 1 is 0.771 bits per heavy atom. The van der Waals surface area contributed by atoms with Crippen molar-refractivity contribution in [2.75, 3.05) is 67.1 Å². The van der Waals surface area contributed by atoms with E-state index in [2.05, 4.69) is 14.7 Å². The van der Waals surface area contributed by atoms with Crippen molar-refractivity contribution >= 4 is 23.8 Å². The number of carbonyl (C=O) groups excluding carboxylic acids is 1. The number of carbonyl (C=O) groups is 1. The first-order chi connectivity index (χ1) is 16.8. The molecular weight excluding hydrogens is 446 g/mol. The molecule has 0 saturated carbocycles. The Bertz CT molecular complexity index is 802. The van der Waals surface area contributed by atoms with Crippen molar-refractivity contribution in [3.63, 3.8) is 0 Å². The van der Waals surface area contributed by atoms with Crippen LogP contribution in [0.4, 0.5) is 17.8 Å². The van der Waals surface area contributed by atoms with Gasteiger partial charge in [0.1, 0.15) is 0 Å². The van der Waals surface area contributed by atoms with Gasteiger partial charge in [-0.15, -0.1) is 0 Å². The summed E-state index contributed by atoms with van der Waals surface area (Å²) in [4.78, 5) is 35.8. The van der Waals surface area contributed by atoms with Crippen molar-refractivity contribution in [1.82, 2.24) is 19.9 Å². The Morgan fingerprint density at radius 2 is 1.20 bits per heavy atom. The van der Waals surface area contributed by atoms with Gasteiger partial charge in [-0.1, -0.05) is 0 Å². The van der Waals surface area contributed by atoms with E-state index in [-0.39, 0.29) is 36.0 Å². The predicted molar refractivity (Wildman–Crippen MR) is 138 cm³/mol.